The summed E-state index contributed by atoms with van der Waals surface area (Å²) in [4.78, 5) is 0.408. The molecule has 0 aliphatic heterocycles. The molecule has 0 radical (unpaired) electrons. The zero-order chi connectivity index (χ0) is 16.9. The molecule has 0 heterocycles. The van der Waals surface area contributed by atoms with E-state index in [1.54, 1.807) is 31.2 Å². The van der Waals surface area contributed by atoms with E-state index in [4.69, 9.17) is 0 Å². The van der Waals surface area contributed by atoms with Crippen LogP contribution in [0.25, 0.3) is 6.08 Å². The lowest BCUT2D eigenvalue weighted by Gasteiger charge is -2.14. The molecule has 0 N–H and O–H groups in total. The van der Waals surface area contributed by atoms with Crippen molar-refractivity contribution in [1.82, 2.24) is 0 Å². The minimum Gasteiger partial charge on any atom is -0.223 e. The minimum atomic E-state index is -3.26. The number of aryl methyl sites for hydroxylation is 2. The van der Waals surface area contributed by atoms with Crippen LogP contribution in [-0.2, 0) is 16.3 Å². The second kappa shape index (κ2) is 7.60. The molecule has 2 nitrogen and oxygen atoms in total. The van der Waals surface area contributed by atoms with Crippen molar-refractivity contribution in [2.75, 3.05) is 0 Å². The lowest BCUT2D eigenvalue weighted by Crippen LogP contribution is -2.19. The summed E-state index contributed by atoms with van der Waals surface area (Å²) in [5.74, 6) is 0. The van der Waals surface area contributed by atoms with E-state index in [1.807, 2.05) is 19.1 Å². The molecule has 1 unspecified atom stereocenters. The molecule has 2 rings (SSSR count). The van der Waals surface area contributed by atoms with Gasteiger partial charge in [0.1, 0.15) is 0 Å². The van der Waals surface area contributed by atoms with Gasteiger partial charge in [0.2, 0.25) is 0 Å². The number of sulfone groups is 1. The van der Waals surface area contributed by atoms with Gasteiger partial charge in [-0.15, -0.1) is 0 Å². The van der Waals surface area contributed by atoms with Crippen LogP contribution in [0, 0.1) is 6.92 Å². The Bertz CT molecular complexity index is 775. The van der Waals surface area contributed by atoms with Crippen LogP contribution in [0.2, 0.25) is 0 Å². The molecule has 23 heavy (non-hydrogen) atoms. The van der Waals surface area contributed by atoms with Gasteiger partial charge in [-0.05, 0) is 56.9 Å². The van der Waals surface area contributed by atoms with Crippen molar-refractivity contribution < 1.29 is 8.42 Å². The van der Waals surface area contributed by atoms with E-state index >= 15 is 0 Å². The average molecular weight is 328 g/mol. The van der Waals surface area contributed by atoms with Crippen molar-refractivity contribution in [2.24, 2.45) is 0 Å². The fraction of sp³-hybridized carbons (Fsp3) is 0.300. The second-order valence-corrected chi connectivity index (χ2v) is 8.28. The number of benzene rings is 2. The molecule has 0 spiro atoms. The number of allylic oxidation sites excluding steroid dienone is 1. The van der Waals surface area contributed by atoms with Crippen molar-refractivity contribution in [3.05, 3.63) is 71.3 Å². The highest BCUT2D eigenvalue weighted by Crippen LogP contribution is 2.22. The molecule has 0 aliphatic rings. The fourth-order valence-electron chi connectivity index (χ4n) is 2.65. The summed E-state index contributed by atoms with van der Waals surface area (Å²) in [5.41, 5.74) is 3.58. The van der Waals surface area contributed by atoms with Crippen LogP contribution >= 0.6 is 0 Å². The van der Waals surface area contributed by atoms with Crippen LogP contribution in [0.15, 0.2) is 59.5 Å². The molecule has 0 amide bonds. The van der Waals surface area contributed by atoms with E-state index in [2.05, 4.69) is 31.2 Å². The molecule has 0 aromatic heterocycles. The molecule has 0 saturated heterocycles. The first kappa shape index (κ1) is 17.5. The van der Waals surface area contributed by atoms with Gasteiger partial charge in [0.15, 0.2) is 9.84 Å². The highest BCUT2D eigenvalue weighted by Gasteiger charge is 2.22. The molecular formula is C20H24O2S. The van der Waals surface area contributed by atoms with Crippen LogP contribution in [0.3, 0.4) is 0 Å². The summed E-state index contributed by atoms with van der Waals surface area (Å²) in [7, 11) is -3.26. The Morgan fingerprint density at radius 2 is 1.78 bits per heavy atom. The molecule has 2 aromatic carbocycles. The van der Waals surface area contributed by atoms with E-state index in [0.717, 1.165) is 6.42 Å². The van der Waals surface area contributed by atoms with Gasteiger partial charge in [0.25, 0.3) is 0 Å². The van der Waals surface area contributed by atoms with Crippen molar-refractivity contribution in [3.63, 3.8) is 0 Å². The van der Waals surface area contributed by atoms with Gasteiger partial charge >= 0.3 is 0 Å². The quantitative estimate of drug-likeness (QED) is 0.761. The topological polar surface area (TPSA) is 34.1 Å². The molecule has 3 heteroatoms. The molecule has 0 fully saturated rings. The Labute approximate surface area is 139 Å². The van der Waals surface area contributed by atoms with Gasteiger partial charge in [-0.3, -0.25) is 0 Å². The first-order chi connectivity index (χ1) is 10.9. The van der Waals surface area contributed by atoms with Gasteiger partial charge in [-0.1, -0.05) is 54.1 Å². The Kier molecular flexibility index (Phi) is 5.78. The third kappa shape index (κ3) is 4.32. The van der Waals surface area contributed by atoms with Gasteiger partial charge < -0.3 is 0 Å². The van der Waals surface area contributed by atoms with Crippen molar-refractivity contribution in [2.45, 2.75) is 43.8 Å². The van der Waals surface area contributed by atoms with E-state index in [9.17, 15) is 8.42 Å². The Hall–Kier alpha value is -1.87. The van der Waals surface area contributed by atoms with Crippen LogP contribution in [-0.4, -0.2) is 13.7 Å². The lowest BCUT2D eigenvalue weighted by molar-refractivity contribution is 0.577. The highest BCUT2D eigenvalue weighted by molar-refractivity contribution is 7.92. The highest BCUT2D eigenvalue weighted by atomic mass is 32.2. The van der Waals surface area contributed by atoms with Crippen LogP contribution in [0.5, 0.6) is 0 Å². The molecule has 2 aromatic rings. The second-order valence-electron chi connectivity index (χ2n) is 5.91. The van der Waals surface area contributed by atoms with Crippen molar-refractivity contribution >= 4 is 15.9 Å². The summed E-state index contributed by atoms with van der Waals surface area (Å²) >= 11 is 0. The third-order valence-electron chi connectivity index (χ3n) is 4.07. The lowest BCUT2D eigenvalue weighted by atomic mass is 9.99. The SMILES string of the molecule is C/C=C\c1ccc(C)cc1CCC(C)S(=O)(=O)c1ccccc1. The summed E-state index contributed by atoms with van der Waals surface area (Å²) < 4.78 is 25.2. The standard InChI is InChI=1S/C20H24O2S/c1-4-8-18-13-11-16(2)15-19(18)14-12-17(3)23(21,22)20-9-6-5-7-10-20/h4-11,13,15,17H,12,14H2,1-3H3/b8-4-. The van der Waals surface area contributed by atoms with Gasteiger partial charge in [0.05, 0.1) is 10.1 Å². The van der Waals surface area contributed by atoms with Gasteiger partial charge in [0, 0.05) is 0 Å². The summed E-state index contributed by atoms with van der Waals surface area (Å²) in [6.07, 6.45) is 5.46. The van der Waals surface area contributed by atoms with E-state index in [0.29, 0.717) is 11.3 Å². The Balaban J connectivity index is 2.16. The maximum absolute atomic E-state index is 12.6. The maximum Gasteiger partial charge on any atom is 0.180 e. The number of hydrogen-bond acceptors (Lipinski definition) is 2. The average Bonchev–Trinajstić information content (AvgIpc) is 2.55. The molecule has 0 saturated carbocycles. The fourth-order valence-corrected chi connectivity index (χ4v) is 4.08. The summed E-state index contributed by atoms with van der Waals surface area (Å²) in [6.45, 7) is 5.85. The molecule has 0 aliphatic carbocycles. The monoisotopic (exact) mass is 328 g/mol. The molecule has 0 bridgehead atoms. The van der Waals surface area contributed by atoms with E-state index in [-0.39, 0.29) is 0 Å². The zero-order valence-electron chi connectivity index (χ0n) is 14.0. The Morgan fingerprint density at radius 3 is 2.43 bits per heavy atom. The normalized spacial score (nSPS) is 13.3. The van der Waals surface area contributed by atoms with Gasteiger partial charge in [-0.2, -0.15) is 0 Å². The third-order valence-corrected chi connectivity index (χ3v) is 6.29. The van der Waals surface area contributed by atoms with Crippen LogP contribution in [0.4, 0.5) is 0 Å². The minimum absolute atomic E-state index is 0.399. The zero-order valence-corrected chi connectivity index (χ0v) is 14.8. The largest absolute Gasteiger partial charge is 0.223 e. The Morgan fingerprint density at radius 1 is 1.09 bits per heavy atom. The molecule has 1 atom stereocenters. The summed E-state index contributed by atoms with van der Waals surface area (Å²) in [6, 6.07) is 15.0. The van der Waals surface area contributed by atoms with E-state index < -0.39 is 15.1 Å². The van der Waals surface area contributed by atoms with E-state index in [1.165, 1.54) is 16.7 Å². The van der Waals surface area contributed by atoms with Crippen molar-refractivity contribution in [1.29, 1.82) is 0 Å². The molecule has 122 valence electrons. The predicted octanol–water partition coefficient (Wildman–Crippen LogP) is 4.82. The molecular weight excluding hydrogens is 304 g/mol. The smallest absolute Gasteiger partial charge is 0.180 e. The van der Waals surface area contributed by atoms with Crippen molar-refractivity contribution in [3.8, 4) is 0 Å². The first-order valence-corrected chi connectivity index (χ1v) is 9.51. The van der Waals surface area contributed by atoms with Crippen LogP contribution in [0.1, 0.15) is 37.0 Å². The van der Waals surface area contributed by atoms with Gasteiger partial charge in [-0.25, -0.2) is 8.42 Å². The first-order valence-electron chi connectivity index (χ1n) is 7.96. The predicted molar refractivity (Wildman–Crippen MR) is 97.3 cm³/mol. The van der Waals surface area contributed by atoms with Crippen LogP contribution < -0.4 is 0 Å². The number of rotatable bonds is 6. The summed E-state index contributed by atoms with van der Waals surface area (Å²) in [5, 5.41) is -0.399. The maximum atomic E-state index is 12.6. The number of hydrogen-bond donors (Lipinski definition) is 0.